The summed E-state index contributed by atoms with van der Waals surface area (Å²) in [6, 6.07) is 14.4. The van der Waals surface area contributed by atoms with Crippen LogP contribution in [0.15, 0.2) is 107 Å². The lowest BCUT2D eigenvalue weighted by molar-refractivity contribution is -0.385. The number of carbonyl (C=O) groups excluding carboxylic acids is 2. The minimum absolute atomic E-state index is 0. The number of hydrogen-bond donors (Lipinski definition) is 2. The Kier molecular flexibility index (Phi) is 14.2. The number of ether oxygens (including phenoxy) is 1. The Bertz CT molecular complexity index is 3500. The van der Waals surface area contributed by atoms with Crippen molar-refractivity contribution < 1.29 is 32.4 Å². The Hall–Kier alpha value is -9.21. The molecule has 0 unspecified atom stereocenters. The number of nitrogens with one attached hydrogen (secondary N) is 1. The van der Waals surface area contributed by atoms with Crippen LogP contribution in [0, 0.1) is 34.5 Å². The summed E-state index contributed by atoms with van der Waals surface area (Å²) in [5, 5.41) is 22.2. The number of ketones is 1. The quantitative estimate of drug-likeness (QED) is 0.0515. The van der Waals surface area contributed by atoms with Crippen LogP contribution in [0.1, 0.15) is 73.6 Å². The number of rotatable bonds is 8. The number of aromatic amines is 1. The number of anilines is 1. The average Bonchev–Trinajstić information content (AvgIpc) is 4.10. The first-order valence-corrected chi connectivity index (χ1v) is 20.7. The maximum absolute atomic E-state index is 14.2. The van der Waals surface area contributed by atoms with Gasteiger partial charge < -0.3 is 19.6 Å². The SMILES string of the molecule is C.Cc1ccc(C=Nc2cc(F)cc3c2C(Cc2ncnn2C)=NCC3=O)cc1.Cn1ccnc1/C=C1\OC(=O)c2cc(F)cc([N+](=O)[O-])c21.Cn1ccnc1Cc1n[nH]c(=O)c2cc(F)cc(N)c12. The van der Waals surface area contributed by atoms with E-state index in [1.807, 2.05) is 49.0 Å². The van der Waals surface area contributed by atoms with E-state index in [4.69, 9.17) is 10.5 Å². The molecule has 0 spiro atoms. The van der Waals surface area contributed by atoms with Crippen LogP contribution in [-0.4, -0.2) is 79.2 Å². The zero-order valence-electron chi connectivity index (χ0n) is 37.0. The van der Waals surface area contributed by atoms with E-state index >= 15 is 0 Å². The number of nitrogen functional groups attached to an aromatic ring is 1. The monoisotopic (exact) mass is 953 g/mol. The third-order valence-corrected chi connectivity index (χ3v) is 10.9. The number of nitro benzene ring substituents is 1. The Balaban J connectivity index is 0.000000157. The van der Waals surface area contributed by atoms with Gasteiger partial charge in [0.25, 0.3) is 11.2 Å². The molecule has 4 aromatic carbocycles. The zero-order valence-corrected chi connectivity index (χ0v) is 37.0. The van der Waals surface area contributed by atoms with Crippen molar-refractivity contribution in [3.63, 3.8) is 0 Å². The molecule has 0 amide bonds. The van der Waals surface area contributed by atoms with E-state index in [2.05, 4.69) is 40.2 Å². The van der Waals surface area contributed by atoms with Crippen molar-refractivity contribution in [3.05, 3.63) is 186 Å². The van der Waals surface area contributed by atoms with Gasteiger partial charge in [0, 0.05) is 86.5 Å². The number of cyclic esters (lactones) is 1. The topological polar surface area (TPSA) is 249 Å². The van der Waals surface area contributed by atoms with Gasteiger partial charge in [-0.2, -0.15) is 10.2 Å². The van der Waals surface area contributed by atoms with E-state index in [-0.39, 0.29) is 47.7 Å². The van der Waals surface area contributed by atoms with Gasteiger partial charge >= 0.3 is 5.97 Å². The van der Waals surface area contributed by atoms with Crippen LogP contribution in [0.5, 0.6) is 0 Å². The summed E-state index contributed by atoms with van der Waals surface area (Å²) in [6.45, 7) is 2.00. The second-order valence-electron chi connectivity index (χ2n) is 15.6. The number of nitrogens with zero attached hydrogens (tertiary/aromatic N) is 11. The van der Waals surface area contributed by atoms with E-state index in [1.54, 1.807) is 42.0 Å². The van der Waals surface area contributed by atoms with Gasteiger partial charge in [-0.25, -0.2) is 38.0 Å². The van der Waals surface area contributed by atoms with Crippen molar-refractivity contribution in [1.82, 2.24) is 44.1 Å². The molecule has 6 heterocycles. The second kappa shape index (κ2) is 20.3. The highest BCUT2D eigenvalue weighted by molar-refractivity contribution is 6.18. The molecule has 0 saturated heterocycles. The lowest BCUT2D eigenvalue weighted by Crippen LogP contribution is -2.22. The molecule has 19 nitrogen and oxygen atoms in total. The summed E-state index contributed by atoms with van der Waals surface area (Å²) < 4.78 is 51.1. The maximum atomic E-state index is 14.2. The van der Waals surface area contributed by atoms with E-state index in [0.717, 1.165) is 35.2 Å². The van der Waals surface area contributed by atoms with Crippen LogP contribution in [0.3, 0.4) is 0 Å². The Labute approximate surface area is 395 Å². The highest BCUT2D eigenvalue weighted by Crippen LogP contribution is 2.38. The highest BCUT2D eigenvalue weighted by Gasteiger charge is 2.35. The van der Waals surface area contributed by atoms with Crippen molar-refractivity contribution in [2.24, 2.45) is 31.1 Å². The van der Waals surface area contributed by atoms with Crippen molar-refractivity contribution in [2.45, 2.75) is 27.2 Å². The number of carbonyl (C=O) groups is 2. The normalized spacial score (nSPS) is 13.2. The molecule has 22 heteroatoms. The second-order valence-corrected chi connectivity index (χ2v) is 15.6. The fourth-order valence-corrected chi connectivity index (χ4v) is 7.43. The molecule has 0 aliphatic carbocycles. The van der Waals surface area contributed by atoms with Gasteiger partial charge in [-0.05, 0) is 36.8 Å². The number of imidazole rings is 2. The fraction of sp³-hybridized carbons (Fsp3) is 0.167. The smallest absolute Gasteiger partial charge is 0.344 e. The number of aromatic nitrogens is 9. The molecule has 0 radical (unpaired) electrons. The number of esters is 1. The number of halogens is 3. The van der Waals surface area contributed by atoms with E-state index < -0.39 is 39.6 Å². The third kappa shape index (κ3) is 10.3. The summed E-state index contributed by atoms with van der Waals surface area (Å²) in [5.41, 5.74) is 9.34. The summed E-state index contributed by atoms with van der Waals surface area (Å²) >= 11 is 0. The van der Waals surface area contributed by atoms with Crippen LogP contribution < -0.4 is 11.3 Å². The third-order valence-electron chi connectivity index (χ3n) is 10.9. The number of nitrogens with two attached hydrogens (primary N) is 1. The van der Waals surface area contributed by atoms with Crippen LogP contribution in [0.2, 0.25) is 0 Å². The van der Waals surface area contributed by atoms with Crippen LogP contribution >= 0.6 is 0 Å². The molecule has 2 aliphatic heterocycles. The van der Waals surface area contributed by atoms with Gasteiger partial charge in [-0.15, -0.1) is 0 Å². The van der Waals surface area contributed by atoms with E-state index in [9.17, 15) is 37.7 Å². The number of hydrogen-bond acceptors (Lipinski definition) is 14. The first-order chi connectivity index (χ1) is 33.0. The summed E-state index contributed by atoms with van der Waals surface area (Å²) in [6.07, 6.45) is 12.0. The molecule has 0 bridgehead atoms. The number of benzene rings is 4. The predicted molar refractivity (Wildman–Crippen MR) is 254 cm³/mol. The minimum Gasteiger partial charge on any atom is -0.422 e. The Morgan fingerprint density at radius 3 is 2.24 bits per heavy atom. The lowest BCUT2D eigenvalue weighted by atomic mass is 9.93. The fourth-order valence-electron chi connectivity index (χ4n) is 7.43. The summed E-state index contributed by atoms with van der Waals surface area (Å²) in [7, 11) is 5.37. The molecule has 2 aliphatic rings. The Morgan fingerprint density at radius 1 is 0.871 bits per heavy atom. The molecule has 3 N–H and O–H groups in total. The van der Waals surface area contributed by atoms with Crippen molar-refractivity contribution >= 4 is 63.3 Å². The van der Waals surface area contributed by atoms with Crippen molar-refractivity contribution in [1.29, 1.82) is 0 Å². The molecule has 0 saturated carbocycles. The van der Waals surface area contributed by atoms with Gasteiger partial charge in [0.1, 0.15) is 59.1 Å². The molecule has 8 aromatic rings. The highest BCUT2D eigenvalue weighted by atomic mass is 19.1. The largest absolute Gasteiger partial charge is 0.422 e. The van der Waals surface area contributed by atoms with Crippen molar-refractivity contribution in [3.8, 4) is 0 Å². The molecule has 70 heavy (non-hydrogen) atoms. The van der Waals surface area contributed by atoms with Crippen LogP contribution in [0.4, 0.5) is 30.2 Å². The number of aryl methyl sites for hydroxylation is 4. The Morgan fingerprint density at radius 2 is 1.57 bits per heavy atom. The van der Waals surface area contributed by atoms with Gasteiger partial charge in [-0.1, -0.05) is 37.3 Å². The number of H-pyrrole nitrogens is 1. The minimum atomic E-state index is -0.865. The van der Waals surface area contributed by atoms with Gasteiger partial charge in [-0.3, -0.25) is 34.4 Å². The number of aliphatic imine (C=N–C) groups is 2. The predicted octanol–water partition coefficient (Wildman–Crippen LogP) is 6.98. The first kappa shape index (κ1) is 48.7. The zero-order chi connectivity index (χ0) is 49.1. The lowest BCUT2D eigenvalue weighted by Gasteiger charge is -2.18. The number of fused-ring (bicyclic) bond motifs is 3. The van der Waals surface area contributed by atoms with Gasteiger partial charge in [0.15, 0.2) is 5.78 Å². The summed E-state index contributed by atoms with van der Waals surface area (Å²) in [5.74, 6) is -1.05. The number of nitro groups is 1. The molecular formula is C48H42F3N13O6. The molecule has 0 fully saturated rings. The van der Waals surface area contributed by atoms with E-state index in [0.29, 0.717) is 58.1 Å². The van der Waals surface area contributed by atoms with Crippen molar-refractivity contribution in [2.75, 3.05) is 12.3 Å². The maximum Gasteiger partial charge on any atom is 0.344 e. The molecule has 4 aromatic heterocycles. The molecule has 356 valence electrons. The van der Waals surface area contributed by atoms with Gasteiger partial charge in [0.2, 0.25) is 0 Å². The molecule has 0 atom stereocenters. The van der Waals surface area contributed by atoms with Gasteiger partial charge in [0.05, 0.1) is 51.9 Å². The summed E-state index contributed by atoms with van der Waals surface area (Å²) in [4.78, 5) is 67.5. The first-order valence-electron chi connectivity index (χ1n) is 20.7. The van der Waals surface area contributed by atoms with Crippen LogP contribution in [-0.2, 0) is 38.7 Å². The molecular weight excluding hydrogens is 912 g/mol. The number of Topliss-reactive ketones (excluding diaryl/α,β-unsaturated/α-hetero) is 1. The average molecular weight is 954 g/mol. The van der Waals surface area contributed by atoms with Crippen LogP contribution in [0.25, 0.3) is 22.6 Å². The van der Waals surface area contributed by atoms with E-state index in [1.165, 1.54) is 36.8 Å². The molecule has 10 rings (SSSR count). The standard InChI is InChI=1S/C21H18FN5O.C13H12FN5O.C13H8FN3O4.CH4/c1-13-3-5-14(6-4-13)10-23-17-8-15(22)7-16-19(28)11-24-18(21(16)17)9-20-25-12-26-27(20)2;1-19-3-2-16-11(19)6-10-12-8(13(20)18-17-10)4-7(14)5-9(12)15;1-16-3-2-15-11(16)6-10-12-8(13(18)21-10)4-7(14)5-9(12)17(19)20;/h3-8,10,12H,9,11H2,1-2H3;2-5H,6,15H2,1H3,(H,18,20);2-6H,1H3;1H4/b;;10-6-;.